The lowest BCUT2D eigenvalue weighted by Crippen LogP contribution is -2.03. The van der Waals surface area contributed by atoms with Crippen molar-refractivity contribution in [1.82, 2.24) is 4.98 Å². The maximum absolute atomic E-state index is 6.18. The molecule has 5 rings (SSSR count). The lowest BCUT2D eigenvalue weighted by Gasteiger charge is -2.06. The van der Waals surface area contributed by atoms with Crippen LogP contribution in [-0.4, -0.2) is 4.98 Å². The van der Waals surface area contributed by atoms with Gasteiger partial charge in [-0.15, -0.1) is 0 Å². The van der Waals surface area contributed by atoms with Gasteiger partial charge in [-0.2, -0.15) is 0 Å². The zero-order chi connectivity index (χ0) is 20.0. The summed E-state index contributed by atoms with van der Waals surface area (Å²) in [5.41, 5.74) is 5.07. The molecule has 0 amide bonds. The van der Waals surface area contributed by atoms with Crippen LogP contribution in [0.15, 0.2) is 76.1 Å². The summed E-state index contributed by atoms with van der Waals surface area (Å²) in [5.74, 6) is 0.745. The SMILES string of the molecule is Cc1ccc2oc(-c3ccc(Cl)cc3)c/c(=N\c3nc4c(C)cccc4s3)c2c1. The van der Waals surface area contributed by atoms with E-state index in [0.717, 1.165) is 54.1 Å². The van der Waals surface area contributed by atoms with Crippen LogP contribution in [-0.2, 0) is 0 Å². The highest BCUT2D eigenvalue weighted by atomic mass is 35.5. The lowest BCUT2D eigenvalue weighted by atomic mass is 10.1. The molecule has 2 heterocycles. The summed E-state index contributed by atoms with van der Waals surface area (Å²) in [4.78, 5) is 9.67. The molecule has 142 valence electrons. The lowest BCUT2D eigenvalue weighted by molar-refractivity contribution is 0.618. The molecule has 0 spiro atoms. The molecule has 0 saturated carbocycles. The highest BCUT2D eigenvalue weighted by molar-refractivity contribution is 7.21. The van der Waals surface area contributed by atoms with Crippen LogP contribution in [0.4, 0.5) is 5.13 Å². The van der Waals surface area contributed by atoms with E-state index in [0.29, 0.717) is 5.02 Å². The van der Waals surface area contributed by atoms with E-state index in [9.17, 15) is 0 Å². The van der Waals surface area contributed by atoms with Gasteiger partial charge in [0.1, 0.15) is 11.3 Å². The van der Waals surface area contributed by atoms with Crippen molar-refractivity contribution in [3.63, 3.8) is 0 Å². The Morgan fingerprint density at radius 3 is 2.59 bits per heavy atom. The average molecular weight is 417 g/mol. The number of aromatic nitrogens is 1. The van der Waals surface area contributed by atoms with Crippen molar-refractivity contribution in [2.75, 3.05) is 0 Å². The summed E-state index contributed by atoms with van der Waals surface area (Å²) in [5, 5.41) is 3.25. The minimum Gasteiger partial charge on any atom is -0.456 e. The summed E-state index contributed by atoms with van der Waals surface area (Å²) in [7, 11) is 0. The maximum atomic E-state index is 6.18. The third kappa shape index (κ3) is 3.46. The average Bonchev–Trinajstić information content (AvgIpc) is 3.13. The van der Waals surface area contributed by atoms with Crippen molar-refractivity contribution in [3.05, 3.63) is 88.2 Å². The fourth-order valence-electron chi connectivity index (χ4n) is 3.36. The van der Waals surface area contributed by atoms with Gasteiger partial charge in [-0.3, -0.25) is 0 Å². The predicted octanol–water partition coefficient (Wildman–Crippen LogP) is 7.21. The van der Waals surface area contributed by atoms with Crippen molar-refractivity contribution in [2.24, 2.45) is 4.99 Å². The van der Waals surface area contributed by atoms with Crippen LogP contribution in [0.2, 0.25) is 5.02 Å². The molecule has 0 N–H and O–H groups in total. The number of halogens is 1. The maximum Gasteiger partial charge on any atom is 0.210 e. The Hall–Kier alpha value is -2.95. The molecule has 0 unspecified atom stereocenters. The van der Waals surface area contributed by atoms with E-state index in [1.165, 1.54) is 0 Å². The van der Waals surface area contributed by atoms with Gasteiger partial charge >= 0.3 is 0 Å². The fourth-order valence-corrected chi connectivity index (χ4v) is 4.41. The molecule has 2 aromatic heterocycles. The molecule has 0 atom stereocenters. The molecule has 0 radical (unpaired) electrons. The quantitative estimate of drug-likeness (QED) is 0.305. The van der Waals surface area contributed by atoms with Crippen LogP contribution in [0.1, 0.15) is 11.1 Å². The first-order chi connectivity index (χ1) is 14.1. The first-order valence-corrected chi connectivity index (χ1v) is 10.5. The highest BCUT2D eigenvalue weighted by Gasteiger charge is 2.09. The molecule has 0 fully saturated rings. The second-order valence-electron chi connectivity index (χ2n) is 7.03. The van der Waals surface area contributed by atoms with Crippen LogP contribution in [0.3, 0.4) is 0 Å². The molecule has 0 aliphatic carbocycles. The van der Waals surface area contributed by atoms with Gasteiger partial charge in [-0.1, -0.05) is 46.7 Å². The van der Waals surface area contributed by atoms with E-state index in [4.69, 9.17) is 26.0 Å². The fraction of sp³-hybridized carbons (Fsp3) is 0.0833. The number of aryl methyl sites for hydroxylation is 2. The van der Waals surface area contributed by atoms with Crippen LogP contribution in [0, 0.1) is 13.8 Å². The monoisotopic (exact) mass is 416 g/mol. The van der Waals surface area contributed by atoms with Crippen LogP contribution in [0.5, 0.6) is 0 Å². The molecular formula is C24H17ClN2OS. The van der Waals surface area contributed by atoms with E-state index < -0.39 is 0 Å². The number of fused-ring (bicyclic) bond motifs is 2. The topological polar surface area (TPSA) is 38.4 Å². The highest BCUT2D eigenvalue weighted by Crippen LogP contribution is 2.30. The Kier molecular flexibility index (Phi) is 4.46. The molecule has 5 heteroatoms. The van der Waals surface area contributed by atoms with Crippen molar-refractivity contribution in [3.8, 4) is 11.3 Å². The van der Waals surface area contributed by atoms with Crippen molar-refractivity contribution in [1.29, 1.82) is 0 Å². The van der Waals surface area contributed by atoms with E-state index in [1.807, 2.05) is 42.5 Å². The van der Waals surface area contributed by atoms with Crippen LogP contribution >= 0.6 is 22.9 Å². The number of benzene rings is 3. The largest absolute Gasteiger partial charge is 0.456 e. The normalized spacial score (nSPS) is 12.2. The third-order valence-electron chi connectivity index (χ3n) is 4.85. The molecule has 3 aromatic carbocycles. The third-order valence-corrected chi connectivity index (χ3v) is 6.02. The summed E-state index contributed by atoms with van der Waals surface area (Å²) < 4.78 is 7.32. The zero-order valence-corrected chi connectivity index (χ0v) is 17.5. The molecule has 0 aliphatic rings. The molecule has 5 aromatic rings. The van der Waals surface area contributed by atoms with Gasteiger partial charge in [-0.05, 0) is 61.9 Å². The summed E-state index contributed by atoms with van der Waals surface area (Å²) >= 11 is 7.64. The molecule has 29 heavy (non-hydrogen) atoms. The molecular weight excluding hydrogens is 400 g/mol. The van der Waals surface area contributed by atoms with Gasteiger partial charge < -0.3 is 4.42 Å². The second kappa shape index (κ2) is 7.14. The minimum atomic E-state index is 0.694. The van der Waals surface area contributed by atoms with Gasteiger partial charge in [-0.25, -0.2) is 9.98 Å². The van der Waals surface area contributed by atoms with Crippen molar-refractivity contribution < 1.29 is 4.42 Å². The number of hydrogen-bond acceptors (Lipinski definition) is 4. The van der Waals surface area contributed by atoms with Crippen molar-refractivity contribution in [2.45, 2.75) is 13.8 Å². The number of hydrogen-bond donors (Lipinski definition) is 0. The van der Waals surface area contributed by atoms with E-state index in [2.05, 4.69) is 38.1 Å². The summed E-state index contributed by atoms with van der Waals surface area (Å²) in [6, 6.07) is 21.9. The number of nitrogens with zero attached hydrogens (tertiary/aromatic N) is 2. The Labute approximate surface area is 177 Å². The zero-order valence-electron chi connectivity index (χ0n) is 15.9. The minimum absolute atomic E-state index is 0.694. The first kappa shape index (κ1) is 18.1. The van der Waals surface area contributed by atoms with Gasteiger partial charge in [0.25, 0.3) is 0 Å². The van der Waals surface area contributed by atoms with Gasteiger partial charge in [0.15, 0.2) is 0 Å². The number of rotatable bonds is 2. The van der Waals surface area contributed by atoms with E-state index in [-0.39, 0.29) is 0 Å². The Bertz CT molecular complexity index is 1430. The second-order valence-corrected chi connectivity index (χ2v) is 8.48. The van der Waals surface area contributed by atoms with Gasteiger partial charge in [0.2, 0.25) is 5.13 Å². The number of thiazole rings is 1. The molecule has 0 bridgehead atoms. The number of para-hydroxylation sites is 1. The Balaban J connectivity index is 1.77. The standard InChI is InChI=1S/C24H17ClN2OS/c1-14-6-11-20-18(12-14)19(13-21(28-20)16-7-9-17(25)10-8-16)26-24-27-23-15(2)4-3-5-22(23)29-24/h3-13H,1-2H3/b26-19+. The van der Waals surface area contributed by atoms with E-state index in [1.54, 1.807) is 11.3 Å². The summed E-state index contributed by atoms with van der Waals surface area (Å²) in [6.07, 6.45) is 0. The van der Waals surface area contributed by atoms with Gasteiger partial charge in [0.05, 0.1) is 15.6 Å². The summed E-state index contributed by atoms with van der Waals surface area (Å²) in [6.45, 7) is 4.14. The predicted molar refractivity (Wildman–Crippen MR) is 121 cm³/mol. The van der Waals surface area contributed by atoms with Crippen LogP contribution in [0.25, 0.3) is 32.5 Å². The van der Waals surface area contributed by atoms with Crippen LogP contribution < -0.4 is 5.36 Å². The molecule has 0 saturated heterocycles. The smallest absolute Gasteiger partial charge is 0.210 e. The molecule has 3 nitrogen and oxygen atoms in total. The Morgan fingerprint density at radius 2 is 1.79 bits per heavy atom. The molecule has 0 aliphatic heterocycles. The Morgan fingerprint density at radius 1 is 0.966 bits per heavy atom. The van der Waals surface area contributed by atoms with Crippen molar-refractivity contribution >= 4 is 49.3 Å². The first-order valence-electron chi connectivity index (χ1n) is 9.28. The van der Waals surface area contributed by atoms with Gasteiger partial charge in [0, 0.05) is 22.0 Å². The van der Waals surface area contributed by atoms with E-state index >= 15 is 0 Å².